The van der Waals surface area contributed by atoms with Crippen molar-refractivity contribution in [2.75, 3.05) is 0 Å². The molecule has 2 aromatic rings. The SMILES string of the molecule is CCCCCCCCCCCCCCCn1cc[n+](C)c1.O=C([O-])c1ccco1. The summed E-state index contributed by atoms with van der Waals surface area (Å²) in [5.41, 5.74) is 0. The van der Waals surface area contributed by atoms with E-state index in [9.17, 15) is 9.90 Å². The van der Waals surface area contributed by atoms with E-state index >= 15 is 0 Å². The molecule has 0 spiro atoms. The van der Waals surface area contributed by atoms with Crippen molar-refractivity contribution in [1.82, 2.24) is 4.57 Å². The Labute approximate surface area is 176 Å². The van der Waals surface area contributed by atoms with Crippen LogP contribution in [-0.4, -0.2) is 10.5 Å². The summed E-state index contributed by atoms with van der Waals surface area (Å²) in [7, 11) is 2.08. The molecule has 2 rings (SSSR count). The quantitative estimate of drug-likeness (QED) is 0.308. The van der Waals surface area contributed by atoms with Crippen LogP contribution in [0.5, 0.6) is 0 Å². The predicted octanol–water partition coefficient (Wildman–Crippen LogP) is 5.05. The van der Waals surface area contributed by atoms with E-state index in [4.69, 9.17) is 0 Å². The minimum atomic E-state index is -1.28. The van der Waals surface area contributed by atoms with E-state index in [1.54, 1.807) is 0 Å². The largest absolute Gasteiger partial charge is 0.542 e. The second-order valence-electron chi connectivity index (χ2n) is 7.82. The minimum absolute atomic E-state index is 0.134. The van der Waals surface area contributed by atoms with Crippen molar-refractivity contribution >= 4 is 5.97 Å². The van der Waals surface area contributed by atoms with Crippen molar-refractivity contribution in [1.29, 1.82) is 0 Å². The van der Waals surface area contributed by atoms with Gasteiger partial charge in [-0.1, -0.05) is 77.6 Å². The fourth-order valence-electron chi connectivity index (χ4n) is 3.34. The van der Waals surface area contributed by atoms with Crippen LogP contribution < -0.4 is 9.67 Å². The molecule has 0 atom stereocenters. The molecule has 0 saturated carbocycles. The third-order valence-corrected chi connectivity index (χ3v) is 5.07. The number of imidazole rings is 1. The highest BCUT2D eigenvalue weighted by Crippen LogP contribution is 2.12. The van der Waals surface area contributed by atoms with Crippen LogP contribution in [0, 0.1) is 0 Å². The van der Waals surface area contributed by atoms with Crippen molar-refractivity contribution in [2.24, 2.45) is 7.05 Å². The molecule has 0 N–H and O–H groups in total. The number of unbranched alkanes of at least 4 members (excludes halogenated alkanes) is 12. The summed E-state index contributed by atoms with van der Waals surface area (Å²) in [6.07, 6.45) is 26.3. The average Bonchev–Trinajstić information content (AvgIpc) is 3.38. The molecular weight excluding hydrogens is 364 g/mol. The van der Waals surface area contributed by atoms with E-state index in [0.717, 1.165) is 0 Å². The molecule has 5 nitrogen and oxygen atoms in total. The highest BCUT2D eigenvalue weighted by Gasteiger charge is 1.99. The standard InChI is InChI=1S/C19H37N2.C5H4O3/c1-3-4-5-6-7-8-9-10-11-12-13-14-15-16-21-18-17-20(2)19-21;6-5(7)4-2-1-3-8-4/h17-19H,3-16H2,1-2H3;1-3H,(H,6,7)/q+1;/p-1. The van der Waals surface area contributed by atoms with Gasteiger partial charge >= 0.3 is 0 Å². The van der Waals surface area contributed by atoms with Crippen LogP contribution >= 0.6 is 0 Å². The smallest absolute Gasteiger partial charge is 0.243 e. The van der Waals surface area contributed by atoms with Gasteiger partial charge in [-0.25, -0.2) is 9.13 Å². The number of hydrogen-bond donors (Lipinski definition) is 0. The maximum Gasteiger partial charge on any atom is 0.243 e. The predicted molar refractivity (Wildman–Crippen MR) is 114 cm³/mol. The number of rotatable bonds is 15. The summed E-state index contributed by atoms with van der Waals surface area (Å²) >= 11 is 0. The second-order valence-corrected chi connectivity index (χ2v) is 7.82. The summed E-state index contributed by atoms with van der Waals surface area (Å²) in [5.74, 6) is -1.42. The first-order valence-corrected chi connectivity index (χ1v) is 11.4. The Balaban J connectivity index is 0.000000436. The first-order chi connectivity index (χ1) is 14.1. The van der Waals surface area contributed by atoms with Gasteiger partial charge in [0, 0.05) is 0 Å². The van der Waals surface area contributed by atoms with Gasteiger partial charge in [0.05, 0.1) is 19.9 Å². The van der Waals surface area contributed by atoms with Gasteiger partial charge in [-0.05, 0) is 25.0 Å². The van der Waals surface area contributed by atoms with Crippen molar-refractivity contribution in [3.63, 3.8) is 0 Å². The van der Waals surface area contributed by atoms with Gasteiger partial charge < -0.3 is 14.3 Å². The lowest BCUT2D eigenvalue weighted by atomic mass is 10.0. The highest BCUT2D eigenvalue weighted by molar-refractivity contribution is 5.82. The molecule has 0 aliphatic carbocycles. The summed E-state index contributed by atoms with van der Waals surface area (Å²) in [6, 6.07) is 2.82. The van der Waals surface area contributed by atoms with Crippen LogP contribution in [0.1, 0.15) is 101 Å². The molecule has 0 bridgehead atoms. The highest BCUT2D eigenvalue weighted by atomic mass is 16.4. The van der Waals surface area contributed by atoms with Gasteiger partial charge in [0.1, 0.15) is 24.1 Å². The normalized spacial score (nSPS) is 10.6. The Hall–Kier alpha value is -2.04. The summed E-state index contributed by atoms with van der Waals surface area (Å²) in [5, 5.41) is 9.86. The van der Waals surface area contributed by atoms with Crippen LogP contribution in [0.4, 0.5) is 0 Å². The Bertz CT molecular complexity index is 620. The lowest BCUT2D eigenvalue weighted by Gasteiger charge is -2.02. The van der Waals surface area contributed by atoms with Gasteiger partial charge in [0.2, 0.25) is 6.33 Å². The number of aryl methyl sites for hydroxylation is 2. The summed E-state index contributed by atoms with van der Waals surface area (Å²) in [4.78, 5) is 9.86. The van der Waals surface area contributed by atoms with E-state index in [1.807, 2.05) is 0 Å². The van der Waals surface area contributed by atoms with Gasteiger partial charge in [-0.2, -0.15) is 0 Å². The molecule has 0 amide bonds. The molecule has 2 heterocycles. The number of furan rings is 1. The fourth-order valence-corrected chi connectivity index (χ4v) is 3.34. The second kappa shape index (κ2) is 16.9. The van der Waals surface area contributed by atoms with E-state index in [2.05, 4.69) is 46.2 Å². The Morgan fingerprint density at radius 1 is 0.966 bits per heavy atom. The maximum absolute atomic E-state index is 9.86. The lowest BCUT2D eigenvalue weighted by Crippen LogP contribution is -2.23. The van der Waals surface area contributed by atoms with Crippen LogP contribution in [0.25, 0.3) is 0 Å². The zero-order valence-electron chi connectivity index (χ0n) is 18.5. The van der Waals surface area contributed by atoms with Crippen molar-refractivity contribution < 1.29 is 18.9 Å². The van der Waals surface area contributed by atoms with Crippen LogP contribution in [0.3, 0.4) is 0 Å². The Morgan fingerprint density at radius 3 is 1.90 bits per heavy atom. The number of aromatic nitrogens is 2. The molecule has 0 fully saturated rings. The van der Waals surface area contributed by atoms with E-state index < -0.39 is 5.97 Å². The third kappa shape index (κ3) is 13.7. The summed E-state index contributed by atoms with van der Waals surface area (Å²) < 4.78 is 8.84. The topological polar surface area (TPSA) is 62.1 Å². The van der Waals surface area contributed by atoms with Crippen LogP contribution in [0.2, 0.25) is 0 Å². The van der Waals surface area contributed by atoms with Gasteiger partial charge in [-0.15, -0.1) is 0 Å². The number of hydrogen-bond acceptors (Lipinski definition) is 3. The molecule has 2 aromatic heterocycles. The summed E-state index contributed by atoms with van der Waals surface area (Å²) in [6.45, 7) is 3.47. The number of carbonyl (C=O) groups is 1. The molecule has 5 heteroatoms. The molecule has 164 valence electrons. The third-order valence-electron chi connectivity index (χ3n) is 5.07. The fraction of sp³-hybridized carbons (Fsp3) is 0.667. The molecule has 0 aromatic carbocycles. The zero-order chi connectivity index (χ0) is 21.2. The number of carboxylic acids is 1. The molecule has 0 unspecified atom stereocenters. The van der Waals surface area contributed by atoms with E-state index in [1.165, 1.54) is 108 Å². The Morgan fingerprint density at radius 2 is 1.52 bits per heavy atom. The molecule has 29 heavy (non-hydrogen) atoms. The maximum atomic E-state index is 9.86. The van der Waals surface area contributed by atoms with E-state index in [0.29, 0.717) is 0 Å². The minimum Gasteiger partial charge on any atom is -0.542 e. The van der Waals surface area contributed by atoms with Crippen molar-refractivity contribution in [3.8, 4) is 0 Å². The first-order valence-electron chi connectivity index (χ1n) is 11.4. The average molecular weight is 405 g/mol. The molecular formula is C24H40N2O3. The molecule has 0 radical (unpaired) electrons. The number of carbonyl (C=O) groups excluding carboxylic acids is 1. The number of nitrogens with zero attached hydrogens (tertiary/aromatic N) is 2. The number of aromatic carboxylic acids is 1. The van der Waals surface area contributed by atoms with Gasteiger partial charge in [-0.3, -0.25) is 0 Å². The molecule has 0 aliphatic heterocycles. The monoisotopic (exact) mass is 404 g/mol. The van der Waals surface area contributed by atoms with Gasteiger partial charge in [0.15, 0.2) is 0 Å². The molecule has 0 aliphatic rings. The van der Waals surface area contributed by atoms with Crippen molar-refractivity contribution in [3.05, 3.63) is 42.9 Å². The first kappa shape index (κ1) is 25.0. The van der Waals surface area contributed by atoms with Crippen LogP contribution in [-0.2, 0) is 13.6 Å². The van der Waals surface area contributed by atoms with Crippen LogP contribution in [0.15, 0.2) is 41.5 Å². The lowest BCUT2D eigenvalue weighted by molar-refractivity contribution is -0.671. The van der Waals surface area contributed by atoms with Gasteiger partial charge in [0.25, 0.3) is 0 Å². The van der Waals surface area contributed by atoms with Crippen molar-refractivity contribution in [2.45, 2.75) is 96.9 Å². The number of carboxylic acid groups (broad SMARTS) is 1. The Kier molecular flexibility index (Phi) is 14.5. The zero-order valence-corrected chi connectivity index (χ0v) is 18.5. The van der Waals surface area contributed by atoms with E-state index in [-0.39, 0.29) is 5.76 Å². The molecule has 0 saturated heterocycles.